The van der Waals surface area contributed by atoms with Gasteiger partial charge in [-0.2, -0.15) is 0 Å². The number of amides is 2. The maximum Gasteiger partial charge on any atom is 0.226 e. The third-order valence-electron chi connectivity index (χ3n) is 8.50. The van der Waals surface area contributed by atoms with E-state index in [1.54, 1.807) is 6.26 Å². The molecule has 1 N–H and O–H groups in total. The van der Waals surface area contributed by atoms with Crippen molar-refractivity contribution >= 4 is 11.8 Å². The van der Waals surface area contributed by atoms with Crippen LogP contribution in [-0.4, -0.2) is 54.3 Å². The van der Waals surface area contributed by atoms with Crippen LogP contribution in [0, 0.1) is 23.2 Å². The van der Waals surface area contributed by atoms with Crippen molar-refractivity contribution in [3.05, 3.63) is 24.2 Å². The summed E-state index contributed by atoms with van der Waals surface area (Å²) < 4.78 is 5.53. The lowest BCUT2D eigenvalue weighted by Crippen LogP contribution is -2.54. The summed E-state index contributed by atoms with van der Waals surface area (Å²) in [7, 11) is 2.13. The van der Waals surface area contributed by atoms with E-state index in [4.69, 9.17) is 4.42 Å². The maximum absolute atomic E-state index is 13.2. The molecule has 1 aliphatic heterocycles. The highest BCUT2D eigenvalue weighted by atomic mass is 16.3. The predicted molar refractivity (Wildman–Crippen MR) is 118 cm³/mol. The summed E-state index contributed by atoms with van der Waals surface area (Å²) in [6.45, 7) is 2.98. The van der Waals surface area contributed by atoms with E-state index in [0.29, 0.717) is 19.5 Å². The molecular formula is C25H37N3O3. The standard InChI is InChI=1S/C25H37N3O3/c1-27-8-5-21(6-9-27)28(17-22-3-2-10-31-22)23(29)4-7-26-24(30)25-14-18-11-19(15-25)13-20(12-18)16-25/h2-3,10,18-21H,4-9,11-17H2,1H3,(H,26,30). The fourth-order valence-electron chi connectivity index (χ4n) is 7.30. The molecule has 5 aliphatic rings. The second-order valence-electron chi connectivity index (χ2n) is 10.8. The molecule has 170 valence electrons. The molecule has 1 aromatic heterocycles. The fraction of sp³-hybridized carbons (Fsp3) is 0.760. The van der Waals surface area contributed by atoms with E-state index in [2.05, 4.69) is 17.3 Å². The summed E-state index contributed by atoms with van der Waals surface area (Å²) >= 11 is 0. The number of carbonyl (C=O) groups is 2. The Balaban J connectivity index is 1.17. The zero-order valence-corrected chi connectivity index (χ0v) is 18.9. The summed E-state index contributed by atoms with van der Waals surface area (Å²) in [6.07, 6.45) is 11.2. The molecule has 2 heterocycles. The largest absolute Gasteiger partial charge is 0.467 e. The van der Waals surface area contributed by atoms with Gasteiger partial charge in [-0.3, -0.25) is 9.59 Å². The van der Waals surface area contributed by atoms with Crippen molar-refractivity contribution in [2.24, 2.45) is 23.2 Å². The zero-order valence-electron chi connectivity index (χ0n) is 18.9. The van der Waals surface area contributed by atoms with Crippen molar-refractivity contribution in [2.75, 3.05) is 26.7 Å². The van der Waals surface area contributed by atoms with E-state index in [0.717, 1.165) is 68.7 Å². The van der Waals surface area contributed by atoms with Crippen LogP contribution >= 0.6 is 0 Å². The van der Waals surface area contributed by atoms with E-state index in [1.807, 2.05) is 17.0 Å². The molecule has 1 aromatic rings. The monoisotopic (exact) mass is 427 g/mol. The molecule has 0 atom stereocenters. The van der Waals surface area contributed by atoms with E-state index >= 15 is 0 Å². The van der Waals surface area contributed by atoms with Gasteiger partial charge in [0.15, 0.2) is 0 Å². The lowest BCUT2D eigenvalue weighted by molar-refractivity contribution is -0.146. The Labute approximate surface area is 185 Å². The minimum Gasteiger partial charge on any atom is -0.467 e. The van der Waals surface area contributed by atoms with Gasteiger partial charge in [-0.15, -0.1) is 0 Å². The summed E-state index contributed by atoms with van der Waals surface area (Å²) in [4.78, 5) is 30.7. The molecule has 31 heavy (non-hydrogen) atoms. The van der Waals surface area contributed by atoms with Gasteiger partial charge in [-0.05, 0) is 101 Å². The number of furan rings is 1. The average molecular weight is 428 g/mol. The Kier molecular flexibility index (Phi) is 5.84. The van der Waals surface area contributed by atoms with Crippen LogP contribution in [0.15, 0.2) is 22.8 Å². The predicted octanol–water partition coefficient (Wildman–Crippen LogP) is 3.43. The van der Waals surface area contributed by atoms with Gasteiger partial charge in [0, 0.05) is 24.4 Å². The second kappa shape index (κ2) is 8.61. The third-order valence-corrected chi connectivity index (χ3v) is 8.50. The second-order valence-corrected chi connectivity index (χ2v) is 10.8. The molecule has 0 spiro atoms. The summed E-state index contributed by atoms with van der Waals surface area (Å²) in [5.41, 5.74) is -0.139. The summed E-state index contributed by atoms with van der Waals surface area (Å²) in [5.74, 6) is 3.43. The van der Waals surface area contributed by atoms with Crippen molar-refractivity contribution in [2.45, 2.75) is 70.4 Å². The first kappa shape index (κ1) is 21.0. The van der Waals surface area contributed by atoms with Gasteiger partial charge >= 0.3 is 0 Å². The molecule has 6 heteroatoms. The number of hydrogen-bond acceptors (Lipinski definition) is 4. The highest BCUT2D eigenvalue weighted by Gasteiger charge is 2.54. The normalized spacial score (nSPS) is 32.9. The molecule has 2 amide bonds. The molecule has 5 fully saturated rings. The molecular weight excluding hydrogens is 390 g/mol. The molecule has 6 rings (SSSR count). The number of nitrogens with zero attached hydrogens (tertiary/aromatic N) is 2. The Morgan fingerprint density at radius 1 is 1.13 bits per heavy atom. The van der Waals surface area contributed by atoms with Crippen LogP contribution in [0.5, 0.6) is 0 Å². The van der Waals surface area contributed by atoms with Gasteiger partial charge in [0.2, 0.25) is 11.8 Å². The molecule has 0 radical (unpaired) electrons. The lowest BCUT2D eigenvalue weighted by Gasteiger charge is -2.55. The highest BCUT2D eigenvalue weighted by molar-refractivity contribution is 5.84. The quantitative estimate of drug-likeness (QED) is 0.724. The first-order valence-corrected chi connectivity index (χ1v) is 12.3. The van der Waals surface area contributed by atoms with Crippen LogP contribution in [0.25, 0.3) is 0 Å². The number of hydrogen-bond donors (Lipinski definition) is 1. The highest BCUT2D eigenvalue weighted by Crippen LogP contribution is 2.60. The number of likely N-dealkylation sites (tertiary alicyclic amines) is 1. The van der Waals surface area contributed by atoms with Gasteiger partial charge in [-0.1, -0.05) is 0 Å². The van der Waals surface area contributed by atoms with Crippen LogP contribution in [-0.2, 0) is 16.1 Å². The van der Waals surface area contributed by atoms with E-state index < -0.39 is 0 Å². The third kappa shape index (κ3) is 4.41. The number of piperidine rings is 1. The van der Waals surface area contributed by atoms with Gasteiger partial charge < -0.3 is 19.5 Å². The van der Waals surface area contributed by atoms with Crippen LogP contribution in [0.4, 0.5) is 0 Å². The van der Waals surface area contributed by atoms with Gasteiger partial charge in [-0.25, -0.2) is 0 Å². The minimum atomic E-state index is -0.139. The van der Waals surface area contributed by atoms with Crippen molar-refractivity contribution in [1.82, 2.24) is 15.1 Å². The lowest BCUT2D eigenvalue weighted by atomic mass is 9.49. The van der Waals surface area contributed by atoms with E-state index in [-0.39, 0.29) is 23.3 Å². The van der Waals surface area contributed by atoms with Crippen molar-refractivity contribution in [3.63, 3.8) is 0 Å². The minimum absolute atomic E-state index is 0.122. The number of carbonyl (C=O) groups excluding carboxylic acids is 2. The van der Waals surface area contributed by atoms with Crippen molar-refractivity contribution in [1.29, 1.82) is 0 Å². The van der Waals surface area contributed by atoms with Crippen molar-refractivity contribution in [3.8, 4) is 0 Å². The molecule has 4 bridgehead atoms. The first-order chi connectivity index (χ1) is 15.0. The molecule has 0 unspecified atom stereocenters. The van der Waals surface area contributed by atoms with E-state index in [1.165, 1.54) is 19.3 Å². The Hall–Kier alpha value is -1.82. The topological polar surface area (TPSA) is 65.8 Å². The van der Waals surface area contributed by atoms with Crippen LogP contribution in [0.3, 0.4) is 0 Å². The number of nitrogens with one attached hydrogen (secondary N) is 1. The zero-order chi connectivity index (χ0) is 21.4. The SMILES string of the molecule is CN1CCC(N(Cc2ccco2)C(=O)CCNC(=O)C23CC4CC(CC(C4)C2)C3)CC1. The summed E-state index contributed by atoms with van der Waals surface area (Å²) in [5, 5.41) is 3.18. The Morgan fingerprint density at radius 2 is 1.77 bits per heavy atom. The fourth-order valence-corrected chi connectivity index (χ4v) is 7.30. The first-order valence-electron chi connectivity index (χ1n) is 12.3. The molecule has 4 saturated carbocycles. The van der Waals surface area contributed by atoms with Crippen LogP contribution < -0.4 is 5.32 Å². The molecule has 4 aliphatic carbocycles. The maximum atomic E-state index is 13.2. The molecule has 6 nitrogen and oxygen atoms in total. The summed E-state index contributed by atoms with van der Waals surface area (Å²) in [6, 6.07) is 4.05. The smallest absolute Gasteiger partial charge is 0.226 e. The van der Waals surface area contributed by atoms with Gasteiger partial charge in [0.05, 0.1) is 12.8 Å². The van der Waals surface area contributed by atoms with Crippen LogP contribution in [0.2, 0.25) is 0 Å². The van der Waals surface area contributed by atoms with Gasteiger partial charge in [0.25, 0.3) is 0 Å². The average Bonchev–Trinajstić information content (AvgIpc) is 3.25. The van der Waals surface area contributed by atoms with Crippen LogP contribution in [0.1, 0.15) is 63.5 Å². The van der Waals surface area contributed by atoms with Crippen molar-refractivity contribution < 1.29 is 14.0 Å². The molecule has 0 aromatic carbocycles. The molecule has 1 saturated heterocycles. The Morgan fingerprint density at radius 3 is 2.35 bits per heavy atom. The van der Waals surface area contributed by atoms with Gasteiger partial charge in [0.1, 0.15) is 5.76 Å². The van der Waals surface area contributed by atoms with E-state index in [9.17, 15) is 9.59 Å². The Bertz CT molecular complexity index is 747. The number of rotatable bonds is 7.